The van der Waals surface area contributed by atoms with Crippen LogP contribution in [-0.2, 0) is 0 Å². The summed E-state index contributed by atoms with van der Waals surface area (Å²) >= 11 is 8.71. The molecule has 0 amide bonds. The minimum Gasteiger partial charge on any atom is -0.268 e. The van der Waals surface area contributed by atoms with Gasteiger partial charge in [0, 0.05) is 28.1 Å². The van der Waals surface area contributed by atoms with Crippen molar-refractivity contribution in [1.82, 2.24) is 19.7 Å². The van der Waals surface area contributed by atoms with Crippen LogP contribution >= 0.6 is 28.1 Å². The van der Waals surface area contributed by atoms with E-state index in [2.05, 4.69) is 31.1 Å². The highest BCUT2D eigenvalue weighted by molar-refractivity contribution is 9.10. The SMILES string of the molecule is S=c1[nH]nc(-c2cncc(Br)c2)n1-c1ccccc1. The number of para-hydroxylation sites is 1. The minimum atomic E-state index is 0.557. The van der Waals surface area contributed by atoms with Gasteiger partial charge in [-0.2, -0.15) is 5.10 Å². The van der Waals surface area contributed by atoms with Gasteiger partial charge in [-0.15, -0.1) is 0 Å². The molecule has 0 bridgehead atoms. The quantitative estimate of drug-likeness (QED) is 0.727. The average molecular weight is 333 g/mol. The Balaban J connectivity index is 2.22. The van der Waals surface area contributed by atoms with Crippen molar-refractivity contribution in [3.05, 3.63) is 58.0 Å². The molecule has 0 spiro atoms. The molecule has 3 rings (SSSR count). The molecule has 0 radical (unpaired) electrons. The molecule has 0 atom stereocenters. The Kier molecular flexibility index (Phi) is 3.27. The third kappa shape index (κ3) is 2.36. The van der Waals surface area contributed by atoms with Crippen LogP contribution < -0.4 is 0 Å². The maximum absolute atomic E-state index is 5.30. The molecule has 0 aliphatic rings. The second kappa shape index (κ2) is 5.07. The maximum Gasteiger partial charge on any atom is 0.200 e. The molecule has 0 fully saturated rings. The average Bonchev–Trinajstić information content (AvgIpc) is 2.82. The van der Waals surface area contributed by atoms with Crippen LogP contribution in [0.3, 0.4) is 0 Å². The van der Waals surface area contributed by atoms with E-state index in [1.165, 1.54) is 0 Å². The number of rotatable bonds is 2. The van der Waals surface area contributed by atoms with Crippen LogP contribution in [0.5, 0.6) is 0 Å². The van der Waals surface area contributed by atoms with Gasteiger partial charge in [0.15, 0.2) is 10.6 Å². The van der Waals surface area contributed by atoms with E-state index < -0.39 is 0 Å². The van der Waals surface area contributed by atoms with Gasteiger partial charge in [0.05, 0.1) is 0 Å². The first-order valence-corrected chi connectivity index (χ1v) is 6.79. The van der Waals surface area contributed by atoms with Gasteiger partial charge in [0.1, 0.15) is 0 Å². The van der Waals surface area contributed by atoms with Gasteiger partial charge in [-0.3, -0.25) is 14.6 Å². The number of halogens is 1. The summed E-state index contributed by atoms with van der Waals surface area (Å²) in [6, 6.07) is 11.8. The maximum atomic E-state index is 5.30. The third-order valence-electron chi connectivity index (χ3n) is 2.65. The van der Waals surface area contributed by atoms with E-state index in [1.54, 1.807) is 12.4 Å². The normalized spacial score (nSPS) is 10.6. The second-order valence-corrected chi connectivity index (χ2v) is 5.22. The summed E-state index contributed by atoms with van der Waals surface area (Å²) in [5.41, 5.74) is 1.86. The summed E-state index contributed by atoms with van der Waals surface area (Å²) < 4.78 is 3.35. The number of hydrogen-bond donors (Lipinski definition) is 1. The zero-order chi connectivity index (χ0) is 13.2. The van der Waals surface area contributed by atoms with Gasteiger partial charge in [0.25, 0.3) is 0 Å². The van der Waals surface area contributed by atoms with E-state index in [0.717, 1.165) is 21.5 Å². The number of aromatic amines is 1. The molecular weight excluding hydrogens is 324 g/mol. The van der Waals surface area contributed by atoms with Crippen molar-refractivity contribution >= 4 is 28.1 Å². The van der Waals surface area contributed by atoms with E-state index in [0.29, 0.717) is 4.77 Å². The Morgan fingerprint density at radius 1 is 1.16 bits per heavy atom. The van der Waals surface area contributed by atoms with Crippen molar-refractivity contribution in [2.45, 2.75) is 0 Å². The molecule has 0 saturated heterocycles. The third-order valence-corrected chi connectivity index (χ3v) is 3.36. The number of nitrogens with zero attached hydrogens (tertiary/aromatic N) is 3. The monoisotopic (exact) mass is 332 g/mol. The van der Waals surface area contributed by atoms with Gasteiger partial charge in [-0.1, -0.05) is 18.2 Å². The number of nitrogens with one attached hydrogen (secondary N) is 1. The first-order valence-electron chi connectivity index (χ1n) is 5.59. The molecule has 0 aliphatic carbocycles. The molecule has 3 aromatic rings. The number of H-pyrrole nitrogens is 1. The minimum absolute atomic E-state index is 0.557. The molecule has 2 heterocycles. The Bertz CT molecular complexity index is 764. The Labute approximate surface area is 123 Å². The summed E-state index contributed by atoms with van der Waals surface area (Å²) in [5, 5.41) is 7.11. The molecular formula is C13H9BrN4S. The molecule has 1 aromatic carbocycles. The Morgan fingerprint density at radius 3 is 2.68 bits per heavy atom. The van der Waals surface area contributed by atoms with Crippen molar-refractivity contribution < 1.29 is 0 Å². The molecule has 0 unspecified atom stereocenters. The largest absolute Gasteiger partial charge is 0.268 e. The van der Waals surface area contributed by atoms with Crippen molar-refractivity contribution in [2.24, 2.45) is 0 Å². The molecule has 94 valence electrons. The smallest absolute Gasteiger partial charge is 0.200 e. The first kappa shape index (κ1) is 12.3. The highest BCUT2D eigenvalue weighted by Crippen LogP contribution is 2.23. The van der Waals surface area contributed by atoms with Gasteiger partial charge < -0.3 is 0 Å². The van der Waals surface area contributed by atoms with E-state index >= 15 is 0 Å². The van der Waals surface area contributed by atoms with Crippen LogP contribution in [0, 0.1) is 4.77 Å². The van der Waals surface area contributed by atoms with Gasteiger partial charge in [-0.25, -0.2) is 0 Å². The number of aromatic nitrogens is 4. The predicted molar refractivity (Wildman–Crippen MR) is 79.7 cm³/mol. The van der Waals surface area contributed by atoms with E-state index in [-0.39, 0.29) is 0 Å². The summed E-state index contributed by atoms with van der Waals surface area (Å²) in [4.78, 5) is 4.16. The highest BCUT2D eigenvalue weighted by Gasteiger charge is 2.10. The number of benzene rings is 1. The molecule has 0 aliphatic heterocycles. The summed E-state index contributed by atoms with van der Waals surface area (Å²) in [6.45, 7) is 0. The van der Waals surface area contributed by atoms with Gasteiger partial charge in [-0.05, 0) is 46.3 Å². The topological polar surface area (TPSA) is 46.5 Å². The molecule has 19 heavy (non-hydrogen) atoms. The van der Waals surface area contributed by atoms with Crippen LogP contribution in [0.4, 0.5) is 0 Å². The van der Waals surface area contributed by atoms with E-state index in [4.69, 9.17) is 12.2 Å². The standard InChI is InChI=1S/C13H9BrN4S/c14-10-6-9(7-15-8-10)12-16-17-13(19)18(12)11-4-2-1-3-5-11/h1-8H,(H,17,19). The summed E-state index contributed by atoms with van der Waals surface area (Å²) in [6.07, 6.45) is 3.49. The van der Waals surface area contributed by atoms with Crippen molar-refractivity contribution in [2.75, 3.05) is 0 Å². The zero-order valence-electron chi connectivity index (χ0n) is 9.75. The molecule has 4 nitrogen and oxygen atoms in total. The lowest BCUT2D eigenvalue weighted by Gasteiger charge is -2.06. The van der Waals surface area contributed by atoms with Crippen LogP contribution in [-0.4, -0.2) is 19.7 Å². The fraction of sp³-hybridized carbons (Fsp3) is 0. The summed E-state index contributed by atoms with van der Waals surface area (Å²) in [7, 11) is 0. The van der Waals surface area contributed by atoms with Crippen LogP contribution in [0.2, 0.25) is 0 Å². The molecule has 6 heteroatoms. The van der Waals surface area contributed by atoms with Crippen molar-refractivity contribution in [1.29, 1.82) is 0 Å². The van der Waals surface area contributed by atoms with Crippen LogP contribution in [0.1, 0.15) is 0 Å². The fourth-order valence-electron chi connectivity index (χ4n) is 1.84. The summed E-state index contributed by atoms with van der Waals surface area (Å²) in [5.74, 6) is 0.741. The molecule has 2 aromatic heterocycles. The lowest BCUT2D eigenvalue weighted by atomic mass is 10.2. The second-order valence-electron chi connectivity index (χ2n) is 3.92. The van der Waals surface area contributed by atoms with E-state index in [9.17, 15) is 0 Å². The Hall–Kier alpha value is -1.79. The van der Waals surface area contributed by atoms with Gasteiger partial charge >= 0.3 is 0 Å². The first-order chi connectivity index (χ1) is 9.25. The van der Waals surface area contributed by atoms with Crippen LogP contribution in [0.25, 0.3) is 17.1 Å². The van der Waals surface area contributed by atoms with Gasteiger partial charge in [0.2, 0.25) is 0 Å². The Morgan fingerprint density at radius 2 is 1.95 bits per heavy atom. The zero-order valence-corrected chi connectivity index (χ0v) is 12.1. The lowest BCUT2D eigenvalue weighted by Crippen LogP contribution is -1.97. The van der Waals surface area contributed by atoms with E-state index in [1.807, 2.05) is 41.0 Å². The predicted octanol–water partition coefficient (Wildman–Crippen LogP) is 3.75. The molecule has 1 N–H and O–H groups in total. The molecule has 0 saturated carbocycles. The fourth-order valence-corrected chi connectivity index (χ4v) is 2.44. The lowest BCUT2D eigenvalue weighted by molar-refractivity contribution is 1.03. The highest BCUT2D eigenvalue weighted by atomic mass is 79.9. The number of hydrogen-bond acceptors (Lipinski definition) is 3. The van der Waals surface area contributed by atoms with Crippen LogP contribution in [0.15, 0.2) is 53.3 Å². The van der Waals surface area contributed by atoms with Crippen molar-refractivity contribution in [3.63, 3.8) is 0 Å². The van der Waals surface area contributed by atoms with Crippen molar-refractivity contribution in [3.8, 4) is 17.1 Å². The number of pyridine rings is 1.